The zero-order chi connectivity index (χ0) is 26.8. The van der Waals surface area contributed by atoms with Crippen LogP contribution in [-0.4, -0.2) is 29.9 Å². The lowest BCUT2D eigenvalue weighted by molar-refractivity contribution is -0.185. The van der Waals surface area contributed by atoms with E-state index in [0.717, 1.165) is 18.4 Å². The van der Waals surface area contributed by atoms with E-state index in [4.69, 9.17) is 9.84 Å². The summed E-state index contributed by atoms with van der Waals surface area (Å²) in [4.78, 5) is 11.1. The van der Waals surface area contributed by atoms with Gasteiger partial charge >= 0.3 is 18.3 Å². The molecule has 2 aliphatic carbocycles. The van der Waals surface area contributed by atoms with E-state index in [-0.39, 0.29) is 42.7 Å². The summed E-state index contributed by atoms with van der Waals surface area (Å²) < 4.78 is 86.6. The quantitative estimate of drug-likeness (QED) is 0.367. The van der Waals surface area contributed by atoms with E-state index in [1.165, 1.54) is 12.1 Å². The number of carboxylic acid groups (broad SMARTS) is 1. The molecule has 0 heterocycles. The van der Waals surface area contributed by atoms with E-state index in [1.807, 2.05) is 0 Å². The van der Waals surface area contributed by atoms with Crippen LogP contribution in [0.5, 0.6) is 5.75 Å². The first-order valence-corrected chi connectivity index (χ1v) is 12.7. The lowest BCUT2D eigenvalue weighted by Crippen LogP contribution is -2.32. The van der Waals surface area contributed by atoms with Crippen molar-refractivity contribution in [2.75, 3.05) is 6.54 Å². The summed E-state index contributed by atoms with van der Waals surface area (Å²) in [6.07, 6.45) is -6.88. The Kier molecular flexibility index (Phi) is 8.26. The fourth-order valence-electron chi connectivity index (χ4n) is 5.58. The molecule has 4 nitrogen and oxygen atoms in total. The molecule has 2 N–H and O–H groups in total. The topological polar surface area (TPSA) is 58.6 Å². The van der Waals surface area contributed by atoms with Crippen molar-refractivity contribution < 1.29 is 41.0 Å². The van der Waals surface area contributed by atoms with Gasteiger partial charge in [-0.1, -0.05) is 18.2 Å². The number of rotatable bonds is 7. The van der Waals surface area contributed by atoms with Gasteiger partial charge in [0.2, 0.25) is 0 Å². The van der Waals surface area contributed by atoms with Gasteiger partial charge in [0.15, 0.2) is 0 Å². The Labute approximate surface area is 211 Å². The molecule has 2 fully saturated rings. The Morgan fingerprint density at radius 3 is 2.19 bits per heavy atom. The summed E-state index contributed by atoms with van der Waals surface area (Å²) >= 11 is 0. The fraction of sp³-hybridized carbons (Fsp3) is 0.593. The van der Waals surface area contributed by atoms with Crippen LogP contribution in [0.1, 0.15) is 62.5 Å². The average molecular weight is 532 g/mol. The van der Waals surface area contributed by atoms with Crippen LogP contribution >= 0.6 is 0 Å². The number of nitrogens with one attached hydrogen (secondary N) is 1. The fourth-order valence-corrected chi connectivity index (χ4v) is 5.58. The van der Waals surface area contributed by atoms with Gasteiger partial charge in [-0.3, -0.25) is 4.79 Å². The maximum absolute atomic E-state index is 14.1. The first-order valence-electron chi connectivity index (χ1n) is 12.7. The molecule has 2 aromatic rings. The highest BCUT2D eigenvalue weighted by Crippen LogP contribution is 2.44. The number of carboxylic acids is 1. The molecule has 4 rings (SSSR count). The van der Waals surface area contributed by atoms with Gasteiger partial charge in [-0.25, -0.2) is 0 Å². The molecule has 0 bridgehead atoms. The van der Waals surface area contributed by atoms with Crippen LogP contribution in [0.2, 0.25) is 0 Å². The Hall–Kier alpha value is -2.49. The van der Waals surface area contributed by atoms with Crippen molar-refractivity contribution >= 4 is 16.7 Å². The molecule has 0 unspecified atom stereocenters. The van der Waals surface area contributed by atoms with Crippen LogP contribution in [0.15, 0.2) is 30.3 Å². The number of ether oxygens (including phenoxy) is 1. The summed E-state index contributed by atoms with van der Waals surface area (Å²) in [6, 6.07) is 7.55. The summed E-state index contributed by atoms with van der Waals surface area (Å²) in [5.41, 5.74) is -0.0865. The second-order valence-electron chi connectivity index (χ2n) is 10.3. The van der Waals surface area contributed by atoms with Crippen LogP contribution < -0.4 is 10.1 Å². The second-order valence-corrected chi connectivity index (χ2v) is 10.3. The van der Waals surface area contributed by atoms with Crippen molar-refractivity contribution in [1.82, 2.24) is 5.32 Å². The van der Waals surface area contributed by atoms with Crippen molar-refractivity contribution in [3.05, 3.63) is 41.5 Å². The van der Waals surface area contributed by atoms with E-state index in [1.54, 1.807) is 18.2 Å². The highest BCUT2D eigenvalue weighted by atomic mass is 19.4. The van der Waals surface area contributed by atoms with Gasteiger partial charge in [0.25, 0.3) is 0 Å². The predicted molar refractivity (Wildman–Crippen MR) is 126 cm³/mol. The van der Waals surface area contributed by atoms with Crippen LogP contribution in [-0.2, 0) is 17.5 Å². The number of aliphatic carboxylic acids is 1. The van der Waals surface area contributed by atoms with Crippen molar-refractivity contribution in [2.24, 2.45) is 17.8 Å². The standard InChI is InChI=1S/C27H31F6NO3/c28-26(29,30)20-7-9-21(10-8-20)37-23-12-6-19-13-17(3-11-22(19)24(23)27(31,32)33)15-34-14-16-1-4-18(5-2-16)25(35)36/h3,6,11-13,16,18,20-21,34H,1-2,4-5,7-10,14-15H2,(H,35,36)/t16-,18-,20-,21+. The number of hydrogen-bond acceptors (Lipinski definition) is 3. The number of fused-ring (bicyclic) bond motifs is 1. The lowest BCUT2D eigenvalue weighted by Gasteiger charge is -2.31. The molecule has 10 heteroatoms. The van der Waals surface area contributed by atoms with Crippen molar-refractivity contribution in [3.63, 3.8) is 0 Å². The average Bonchev–Trinajstić information content (AvgIpc) is 2.83. The van der Waals surface area contributed by atoms with Gasteiger partial charge < -0.3 is 15.2 Å². The van der Waals surface area contributed by atoms with Crippen LogP contribution in [0.4, 0.5) is 26.3 Å². The lowest BCUT2D eigenvalue weighted by atomic mass is 9.82. The number of hydrogen-bond donors (Lipinski definition) is 2. The Bertz CT molecular complexity index is 1080. The van der Waals surface area contributed by atoms with Crippen LogP contribution in [0, 0.1) is 17.8 Å². The normalized spacial score (nSPS) is 25.2. The minimum Gasteiger partial charge on any atom is -0.490 e. The molecular formula is C27H31F6NO3. The number of alkyl halides is 6. The minimum absolute atomic E-state index is 0.00952. The molecular weight excluding hydrogens is 500 g/mol. The summed E-state index contributed by atoms with van der Waals surface area (Å²) in [5, 5.41) is 12.8. The highest BCUT2D eigenvalue weighted by molar-refractivity contribution is 5.89. The van der Waals surface area contributed by atoms with Crippen molar-refractivity contribution in [3.8, 4) is 5.75 Å². The van der Waals surface area contributed by atoms with Gasteiger partial charge in [-0.15, -0.1) is 0 Å². The maximum Gasteiger partial charge on any atom is 0.420 e. The molecule has 0 aliphatic heterocycles. The molecule has 0 spiro atoms. The van der Waals surface area contributed by atoms with Crippen LogP contribution in [0.25, 0.3) is 10.8 Å². The third-order valence-corrected chi connectivity index (χ3v) is 7.72. The zero-order valence-corrected chi connectivity index (χ0v) is 20.3. The molecule has 2 aromatic carbocycles. The molecule has 2 saturated carbocycles. The number of benzene rings is 2. The largest absolute Gasteiger partial charge is 0.490 e. The number of halogens is 6. The van der Waals surface area contributed by atoms with E-state index in [9.17, 15) is 31.1 Å². The zero-order valence-electron chi connectivity index (χ0n) is 20.3. The van der Waals surface area contributed by atoms with Crippen molar-refractivity contribution in [1.29, 1.82) is 0 Å². The molecule has 0 radical (unpaired) electrons. The van der Waals surface area contributed by atoms with Crippen molar-refractivity contribution in [2.45, 2.75) is 76.4 Å². The molecule has 0 amide bonds. The molecule has 0 atom stereocenters. The molecule has 0 saturated heterocycles. The van der Waals surface area contributed by atoms with Gasteiger partial charge in [0.1, 0.15) is 11.3 Å². The second kappa shape index (κ2) is 11.1. The van der Waals surface area contributed by atoms with Gasteiger partial charge in [-0.2, -0.15) is 26.3 Å². The Balaban J connectivity index is 1.41. The highest BCUT2D eigenvalue weighted by Gasteiger charge is 2.42. The molecule has 204 valence electrons. The number of carbonyl (C=O) groups is 1. The molecule has 2 aliphatic rings. The predicted octanol–water partition coefficient (Wildman–Crippen LogP) is 7.34. The third kappa shape index (κ3) is 6.89. The molecule has 37 heavy (non-hydrogen) atoms. The first kappa shape index (κ1) is 27.5. The summed E-state index contributed by atoms with van der Waals surface area (Å²) in [7, 11) is 0. The monoisotopic (exact) mass is 531 g/mol. The Morgan fingerprint density at radius 2 is 1.59 bits per heavy atom. The van der Waals surface area contributed by atoms with Gasteiger partial charge in [-0.05, 0) is 92.3 Å². The van der Waals surface area contributed by atoms with Crippen LogP contribution in [0.3, 0.4) is 0 Å². The smallest absolute Gasteiger partial charge is 0.420 e. The van der Waals surface area contributed by atoms with E-state index < -0.39 is 35.9 Å². The van der Waals surface area contributed by atoms with Gasteiger partial charge in [0.05, 0.1) is 17.9 Å². The van der Waals surface area contributed by atoms with Gasteiger partial charge in [0, 0.05) is 6.54 Å². The molecule has 0 aromatic heterocycles. The van der Waals surface area contributed by atoms with E-state index in [0.29, 0.717) is 37.2 Å². The van der Waals surface area contributed by atoms with E-state index >= 15 is 0 Å². The first-order chi connectivity index (χ1) is 17.4. The summed E-state index contributed by atoms with van der Waals surface area (Å²) in [5.74, 6) is -2.43. The SMILES string of the molecule is O=C(O)[C@H]1CC[C@H](CNCc2ccc3c(C(F)(F)F)c(O[C@H]4CC[C@@H](C(F)(F)F)CC4)ccc3c2)CC1. The maximum atomic E-state index is 14.1. The third-order valence-electron chi connectivity index (χ3n) is 7.72. The summed E-state index contributed by atoms with van der Waals surface area (Å²) in [6.45, 7) is 1.18. The van der Waals surface area contributed by atoms with E-state index in [2.05, 4.69) is 5.32 Å². The minimum atomic E-state index is -4.69. The Morgan fingerprint density at radius 1 is 0.919 bits per heavy atom.